The summed E-state index contributed by atoms with van der Waals surface area (Å²) >= 11 is 1.53. The number of benzene rings is 1. The highest BCUT2D eigenvalue weighted by atomic mass is 32.1. The first-order chi connectivity index (χ1) is 10.4. The third kappa shape index (κ3) is 2.36. The van der Waals surface area contributed by atoms with Crippen LogP contribution in [0.3, 0.4) is 0 Å². The van der Waals surface area contributed by atoms with Gasteiger partial charge >= 0.3 is 0 Å². The van der Waals surface area contributed by atoms with Crippen molar-refractivity contribution in [2.24, 2.45) is 0 Å². The monoisotopic (exact) mass is 293 g/mol. The summed E-state index contributed by atoms with van der Waals surface area (Å²) in [6, 6.07) is 13.7. The summed E-state index contributed by atoms with van der Waals surface area (Å²) in [5.74, 6) is 0.693. The Morgan fingerprint density at radius 2 is 1.86 bits per heavy atom. The van der Waals surface area contributed by atoms with Crippen LogP contribution in [-0.2, 0) is 0 Å². The normalized spacial score (nSPS) is 10.9. The predicted octanol–water partition coefficient (Wildman–Crippen LogP) is 3.83. The van der Waals surface area contributed by atoms with E-state index in [9.17, 15) is 0 Å². The highest BCUT2D eigenvalue weighted by molar-refractivity contribution is 7.14. The van der Waals surface area contributed by atoms with E-state index in [0.717, 1.165) is 27.6 Å². The van der Waals surface area contributed by atoms with Gasteiger partial charge < -0.3 is 10.3 Å². The van der Waals surface area contributed by atoms with Gasteiger partial charge in [-0.25, -0.2) is 9.97 Å². The van der Waals surface area contributed by atoms with E-state index in [1.54, 1.807) is 6.20 Å². The molecule has 0 saturated carbocycles. The molecule has 3 heterocycles. The summed E-state index contributed by atoms with van der Waals surface area (Å²) < 4.78 is 0. The van der Waals surface area contributed by atoms with E-state index in [-0.39, 0.29) is 0 Å². The Hall–Kier alpha value is -2.73. The third-order valence-electron chi connectivity index (χ3n) is 3.05. The molecule has 2 N–H and O–H groups in total. The maximum absolute atomic E-state index is 4.53. The maximum atomic E-state index is 4.53. The van der Waals surface area contributed by atoms with Gasteiger partial charge in [0.15, 0.2) is 5.13 Å². The molecule has 0 amide bonds. The number of anilines is 2. The molecule has 0 spiro atoms. The average Bonchev–Trinajstić information content (AvgIpc) is 3.14. The Morgan fingerprint density at radius 1 is 0.952 bits per heavy atom. The number of para-hydroxylation sites is 2. The molecular weight excluding hydrogens is 282 g/mol. The molecule has 0 aliphatic rings. The standard InChI is InChI=1S/C15H11N5S/c1-2-7-12-11(6-1)17-14(18-12)20-15-19-13(9-21-15)10-5-3-4-8-16-10/h1-9H,(H2,17,18,19,20). The third-order valence-corrected chi connectivity index (χ3v) is 3.80. The lowest BCUT2D eigenvalue weighted by atomic mass is 10.3. The van der Waals surface area contributed by atoms with Crippen LogP contribution in [0.1, 0.15) is 0 Å². The second-order valence-electron chi connectivity index (χ2n) is 4.48. The summed E-state index contributed by atoms with van der Waals surface area (Å²) in [5.41, 5.74) is 3.66. The number of hydrogen-bond donors (Lipinski definition) is 2. The zero-order valence-electron chi connectivity index (χ0n) is 10.9. The van der Waals surface area contributed by atoms with E-state index in [2.05, 4.69) is 25.3 Å². The molecule has 1 aromatic carbocycles. The van der Waals surface area contributed by atoms with Crippen LogP contribution < -0.4 is 5.32 Å². The zero-order chi connectivity index (χ0) is 14.1. The molecule has 0 atom stereocenters. The Labute approximate surface area is 124 Å². The van der Waals surface area contributed by atoms with Gasteiger partial charge in [-0.1, -0.05) is 18.2 Å². The number of thiazole rings is 1. The van der Waals surface area contributed by atoms with Gasteiger partial charge in [0, 0.05) is 11.6 Å². The van der Waals surface area contributed by atoms with Crippen LogP contribution in [0.15, 0.2) is 54.0 Å². The quantitative estimate of drug-likeness (QED) is 0.602. The number of nitrogens with zero attached hydrogens (tertiary/aromatic N) is 3. The molecule has 0 aliphatic carbocycles. The number of aromatic amines is 1. The highest BCUT2D eigenvalue weighted by Crippen LogP contribution is 2.25. The fraction of sp³-hybridized carbons (Fsp3) is 0. The molecule has 6 heteroatoms. The molecule has 3 aromatic heterocycles. The topological polar surface area (TPSA) is 66.5 Å². The van der Waals surface area contributed by atoms with Gasteiger partial charge in [0.2, 0.25) is 5.95 Å². The number of imidazole rings is 1. The molecule has 0 unspecified atom stereocenters. The van der Waals surface area contributed by atoms with Crippen LogP contribution in [0, 0.1) is 0 Å². The van der Waals surface area contributed by atoms with Crippen molar-refractivity contribution in [2.45, 2.75) is 0 Å². The molecule has 0 aliphatic heterocycles. The lowest BCUT2D eigenvalue weighted by molar-refractivity contribution is 1.25. The van der Waals surface area contributed by atoms with Crippen molar-refractivity contribution in [3.05, 3.63) is 54.0 Å². The van der Waals surface area contributed by atoms with Crippen molar-refractivity contribution in [1.29, 1.82) is 0 Å². The minimum Gasteiger partial charge on any atom is -0.324 e. The minimum absolute atomic E-state index is 0.693. The van der Waals surface area contributed by atoms with Gasteiger partial charge in [0.25, 0.3) is 0 Å². The van der Waals surface area contributed by atoms with E-state index in [1.165, 1.54) is 11.3 Å². The Morgan fingerprint density at radius 3 is 2.71 bits per heavy atom. The van der Waals surface area contributed by atoms with Crippen molar-refractivity contribution in [3.63, 3.8) is 0 Å². The molecule has 0 fully saturated rings. The summed E-state index contributed by atoms with van der Waals surface area (Å²) in [6.07, 6.45) is 1.76. The fourth-order valence-electron chi connectivity index (χ4n) is 2.08. The van der Waals surface area contributed by atoms with Crippen LogP contribution in [0.25, 0.3) is 22.4 Å². The SMILES string of the molecule is c1ccc(-c2csc(Nc3nc4ccccc4[nH]3)n2)nc1. The van der Waals surface area contributed by atoms with Crippen molar-refractivity contribution in [2.75, 3.05) is 5.32 Å². The lowest BCUT2D eigenvalue weighted by Crippen LogP contribution is -1.91. The van der Waals surface area contributed by atoms with Crippen molar-refractivity contribution in [3.8, 4) is 11.4 Å². The number of aromatic nitrogens is 4. The summed E-state index contributed by atoms with van der Waals surface area (Å²) in [7, 11) is 0. The van der Waals surface area contributed by atoms with Gasteiger partial charge in [-0.05, 0) is 24.3 Å². The molecule has 21 heavy (non-hydrogen) atoms. The minimum atomic E-state index is 0.693. The van der Waals surface area contributed by atoms with Gasteiger partial charge in [-0.3, -0.25) is 4.98 Å². The average molecular weight is 293 g/mol. The zero-order valence-corrected chi connectivity index (χ0v) is 11.8. The first kappa shape index (κ1) is 12.0. The number of H-pyrrole nitrogens is 1. The van der Waals surface area contributed by atoms with E-state index in [1.807, 2.05) is 47.8 Å². The van der Waals surface area contributed by atoms with Gasteiger partial charge in [0.05, 0.1) is 16.7 Å². The van der Waals surface area contributed by atoms with Crippen molar-refractivity contribution in [1.82, 2.24) is 19.9 Å². The van der Waals surface area contributed by atoms with E-state index < -0.39 is 0 Å². The van der Waals surface area contributed by atoms with E-state index in [0.29, 0.717) is 5.95 Å². The van der Waals surface area contributed by atoms with Crippen molar-refractivity contribution >= 4 is 33.5 Å². The van der Waals surface area contributed by atoms with Crippen LogP contribution in [0.4, 0.5) is 11.1 Å². The van der Waals surface area contributed by atoms with Crippen LogP contribution in [0.5, 0.6) is 0 Å². The number of rotatable bonds is 3. The molecule has 4 rings (SSSR count). The molecule has 0 radical (unpaired) electrons. The number of fused-ring (bicyclic) bond motifs is 1. The van der Waals surface area contributed by atoms with E-state index in [4.69, 9.17) is 0 Å². The Balaban J connectivity index is 1.61. The summed E-state index contributed by atoms with van der Waals surface area (Å²) in [5, 5.41) is 5.96. The molecule has 0 saturated heterocycles. The smallest absolute Gasteiger partial charge is 0.207 e. The van der Waals surface area contributed by atoms with Gasteiger partial charge in [0.1, 0.15) is 5.69 Å². The second kappa shape index (κ2) is 4.99. The molecular formula is C15H11N5S. The van der Waals surface area contributed by atoms with Crippen LogP contribution >= 0.6 is 11.3 Å². The summed E-state index contributed by atoms with van der Waals surface area (Å²) in [6.45, 7) is 0. The molecule has 5 nitrogen and oxygen atoms in total. The lowest BCUT2D eigenvalue weighted by Gasteiger charge is -1.96. The van der Waals surface area contributed by atoms with Crippen LogP contribution in [0.2, 0.25) is 0 Å². The van der Waals surface area contributed by atoms with Gasteiger partial charge in [-0.15, -0.1) is 11.3 Å². The largest absolute Gasteiger partial charge is 0.324 e. The summed E-state index contributed by atoms with van der Waals surface area (Å²) in [4.78, 5) is 16.5. The molecule has 0 bridgehead atoms. The number of hydrogen-bond acceptors (Lipinski definition) is 5. The second-order valence-corrected chi connectivity index (χ2v) is 5.34. The first-order valence-electron chi connectivity index (χ1n) is 6.47. The maximum Gasteiger partial charge on any atom is 0.207 e. The first-order valence-corrected chi connectivity index (χ1v) is 7.35. The van der Waals surface area contributed by atoms with Crippen molar-refractivity contribution < 1.29 is 0 Å². The predicted molar refractivity (Wildman–Crippen MR) is 84.7 cm³/mol. The van der Waals surface area contributed by atoms with E-state index >= 15 is 0 Å². The van der Waals surface area contributed by atoms with Gasteiger partial charge in [-0.2, -0.15) is 0 Å². The highest BCUT2D eigenvalue weighted by Gasteiger charge is 2.07. The molecule has 4 aromatic rings. The van der Waals surface area contributed by atoms with Crippen LogP contribution in [-0.4, -0.2) is 19.9 Å². The Kier molecular flexibility index (Phi) is 2.86. The Bertz CT molecular complexity index is 848. The molecule has 102 valence electrons. The fourth-order valence-corrected chi connectivity index (χ4v) is 2.78. The number of pyridine rings is 1. The number of nitrogens with one attached hydrogen (secondary N) is 2.